The summed E-state index contributed by atoms with van der Waals surface area (Å²) in [6.45, 7) is 1.25. The Hall–Kier alpha value is -1.75. The van der Waals surface area contributed by atoms with E-state index in [-0.39, 0.29) is 11.7 Å². The molecular formula is C11H16N2O3. The number of phenols is 1. The van der Waals surface area contributed by atoms with Gasteiger partial charge in [-0.25, -0.2) is 0 Å². The maximum absolute atomic E-state index is 11.6. The molecule has 0 aliphatic carbocycles. The minimum atomic E-state index is -0.215. The fraction of sp³-hybridized carbons (Fsp3) is 0.364. The zero-order valence-corrected chi connectivity index (χ0v) is 9.41. The summed E-state index contributed by atoms with van der Waals surface area (Å²) in [5, 5.41) is 15.1. The summed E-state index contributed by atoms with van der Waals surface area (Å²) in [5.41, 5.74) is 0.411. The molecule has 0 aliphatic heterocycles. The fourth-order valence-corrected chi connectivity index (χ4v) is 1.23. The molecule has 1 rings (SSSR count). The molecule has 0 radical (unpaired) electrons. The molecule has 1 aromatic rings. The number of methoxy groups -OCH3 is 1. The molecule has 5 heteroatoms. The number of hydrogen-bond donors (Lipinski definition) is 3. The number of aromatic hydroxyl groups is 1. The van der Waals surface area contributed by atoms with Crippen LogP contribution in [0.5, 0.6) is 11.5 Å². The number of phenolic OH excluding ortho intramolecular Hbond substituents is 1. The predicted molar refractivity (Wildman–Crippen MR) is 60.9 cm³/mol. The van der Waals surface area contributed by atoms with Crippen LogP contribution in [0.15, 0.2) is 18.2 Å². The molecule has 0 aromatic heterocycles. The Bertz CT molecular complexity index is 366. The normalized spacial score (nSPS) is 9.88. The first-order chi connectivity index (χ1) is 7.69. The van der Waals surface area contributed by atoms with Crippen molar-refractivity contribution in [3.63, 3.8) is 0 Å². The molecule has 0 bridgehead atoms. The smallest absolute Gasteiger partial charge is 0.251 e. The van der Waals surface area contributed by atoms with Crippen LogP contribution in [0.3, 0.4) is 0 Å². The molecule has 16 heavy (non-hydrogen) atoms. The Kier molecular flexibility index (Phi) is 4.60. The highest BCUT2D eigenvalue weighted by Crippen LogP contribution is 2.25. The van der Waals surface area contributed by atoms with Crippen molar-refractivity contribution in [1.82, 2.24) is 10.6 Å². The number of carbonyl (C=O) groups excluding carboxylic acids is 1. The summed E-state index contributed by atoms with van der Waals surface area (Å²) in [5.74, 6) is 0.101. The van der Waals surface area contributed by atoms with E-state index in [0.29, 0.717) is 24.4 Å². The highest BCUT2D eigenvalue weighted by molar-refractivity contribution is 5.94. The topological polar surface area (TPSA) is 70.6 Å². The van der Waals surface area contributed by atoms with Crippen molar-refractivity contribution in [3.05, 3.63) is 23.8 Å². The highest BCUT2D eigenvalue weighted by atomic mass is 16.5. The van der Waals surface area contributed by atoms with E-state index in [1.54, 1.807) is 12.1 Å². The Labute approximate surface area is 94.4 Å². The second-order valence-electron chi connectivity index (χ2n) is 3.25. The molecule has 0 atom stereocenters. The standard InChI is InChI=1S/C11H16N2O3/c1-12-5-6-13-11(15)8-3-4-10(16-2)9(14)7-8/h3-4,7,12,14H,5-6H2,1-2H3,(H,13,15). The van der Waals surface area contributed by atoms with Gasteiger partial charge in [0.15, 0.2) is 11.5 Å². The SMILES string of the molecule is CNCCNC(=O)c1ccc(OC)c(O)c1. The lowest BCUT2D eigenvalue weighted by atomic mass is 10.2. The van der Waals surface area contributed by atoms with Gasteiger partial charge in [-0.15, -0.1) is 0 Å². The predicted octanol–water partition coefficient (Wildman–Crippen LogP) is 0.350. The molecular weight excluding hydrogens is 208 g/mol. The summed E-state index contributed by atoms with van der Waals surface area (Å²) in [6.07, 6.45) is 0. The van der Waals surface area contributed by atoms with E-state index in [1.165, 1.54) is 13.2 Å². The first-order valence-electron chi connectivity index (χ1n) is 4.99. The monoisotopic (exact) mass is 224 g/mol. The van der Waals surface area contributed by atoms with Crippen molar-refractivity contribution in [2.24, 2.45) is 0 Å². The van der Waals surface area contributed by atoms with E-state index in [9.17, 15) is 9.90 Å². The second-order valence-corrected chi connectivity index (χ2v) is 3.25. The van der Waals surface area contributed by atoms with Crippen molar-refractivity contribution in [2.45, 2.75) is 0 Å². The number of nitrogens with one attached hydrogen (secondary N) is 2. The van der Waals surface area contributed by atoms with Gasteiger partial charge in [-0.1, -0.05) is 0 Å². The average molecular weight is 224 g/mol. The van der Waals surface area contributed by atoms with Crippen LogP contribution in [0, 0.1) is 0 Å². The van der Waals surface area contributed by atoms with Crippen molar-refractivity contribution in [2.75, 3.05) is 27.2 Å². The summed E-state index contributed by atoms with van der Waals surface area (Å²) < 4.78 is 4.89. The number of benzene rings is 1. The Morgan fingerprint density at radius 3 is 2.75 bits per heavy atom. The molecule has 0 heterocycles. The van der Waals surface area contributed by atoms with Gasteiger partial charge in [0, 0.05) is 18.7 Å². The quantitative estimate of drug-likeness (QED) is 0.631. The van der Waals surface area contributed by atoms with Gasteiger partial charge in [0.2, 0.25) is 0 Å². The van der Waals surface area contributed by atoms with Gasteiger partial charge in [-0.05, 0) is 25.2 Å². The van der Waals surface area contributed by atoms with Crippen LogP contribution in [0.25, 0.3) is 0 Å². The van der Waals surface area contributed by atoms with Crippen LogP contribution in [0.4, 0.5) is 0 Å². The Balaban J connectivity index is 2.66. The largest absolute Gasteiger partial charge is 0.504 e. The molecule has 0 unspecified atom stereocenters. The number of likely N-dealkylation sites (N-methyl/N-ethyl adjacent to an activating group) is 1. The third-order valence-corrected chi connectivity index (χ3v) is 2.10. The first-order valence-corrected chi connectivity index (χ1v) is 4.99. The van der Waals surface area contributed by atoms with E-state index in [0.717, 1.165) is 0 Å². The minimum absolute atomic E-state index is 0.0382. The van der Waals surface area contributed by atoms with Crippen molar-refractivity contribution in [3.8, 4) is 11.5 Å². The summed E-state index contributed by atoms with van der Waals surface area (Å²) >= 11 is 0. The van der Waals surface area contributed by atoms with Gasteiger partial charge in [0.25, 0.3) is 5.91 Å². The van der Waals surface area contributed by atoms with E-state index < -0.39 is 0 Å². The van der Waals surface area contributed by atoms with Crippen molar-refractivity contribution < 1.29 is 14.6 Å². The third kappa shape index (κ3) is 3.13. The lowest BCUT2D eigenvalue weighted by Crippen LogP contribution is -2.30. The molecule has 0 fully saturated rings. The van der Waals surface area contributed by atoms with Crippen LogP contribution >= 0.6 is 0 Å². The van der Waals surface area contributed by atoms with Crippen LogP contribution in [-0.2, 0) is 0 Å². The molecule has 0 saturated carbocycles. The number of amides is 1. The van der Waals surface area contributed by atoms with Crippen LogP contribution < -0.4 is 15.4 Å². The van der Waals surface area contributed by atoms with Gasteiger partial charge in [0.05, 0.1) is 7.11 Å². The molecule has 3 N–H and O–H groups in total. The molecule has 5 nitrogen and oxygen atoms in total. The Morgan fingerprint density at radius 2 is 2.19 bits per heavy atom. The minimum Gasteiger partial charge on any atom is -0.504 e. The fourth-order valence-electron chi connectivity index (χ4n) is 1.23. The molecule has 0 spiro atoms. The Morgan fingerprint density at radius 1 is 1.44 bits per heavy atom. The van der Waals surface area contributed by atoms with Gasteiger partial charge in [-0.3, -0.25) is 4.79 Å². The highest BCUT2D eigenvalue weighted by Gasteiger charge is 2.08. The van der Waals surface area contributed by atoms with Crippen LogP contribution in [-0.4, -0.2) is 38.3 Å². The van der Waals surface area contributed by atoms with Gasteiger partial charge >= 0.3 is 0 Å². The van der Waals surface area contributed by atoms with Gasteiger partial charge in [-0.2, -0.15) is 0 Å². The van der Waals surface area contributed by atoms with E-state index >= 15 is 0 Å². The molecule has 1 aromatic carbocycles. The van der Waals surface area contributed by atoms with E-state index in [2.05, 4.69) is 10.6 Å². The maximum atomic E-state index is 11.6. The first kappa shape index (κ1) is 12.3. The van der Waals surface area contributed by atoms with Crippen LogP contribution in [0.2, 0.25) is 0 Å². The third-order valence-electron chi connectivity index (χ3n) is 2.10. The summed E-state index contributed by atoms with van der Waals surface area (Å²) in [6, 6.07) is 4.54. The van der Waals surface area contributed by atoms with Crippen molar-refractivity contribution >= 4 is 5.91 Å². The number of ether oxygens (including phenoxy) is 1. The lowest BCUT2D eigenvalue weighted by Gasteiger charge is -2.07. The molecule has 88 valence electrons. The van der Waals surface area contributed by atoms with Gasteiger partial charge < -0.3 is 20.5 Å². The van der Waals surface area contributed by atoms with Crippen molar-refractivity contribution in [1.29, 1.82) is 0 Å². The van der Waals surface area contributed by atoms with E-state index in [4.69, 9.17) is 4.74 Å². The number of carbonyl (C=O) groups is 1. The van der Waals surface area contributed by atoms with Crippen LogP contribution in [0.1, 0.15) is 10.4 Å². The van der Waals surface area contributed by atoms with E-state index in [1.807, 2.05) is 7.05 Å². The summed E-state index contributed by atoms with van der Waals surface area (Å²) in [7, 11) is 3.27. The lowest BCUT2D eigenvalue weighted by molar-refractivity contribution is 0.0953. The van der Waals surface area contributed by atoms with Gasteiger partial charge in [0.1, 0.15) is 0 Å². The number of rotatable bonds is 5. The average Bonchev–Trinajstić information content (AvgIpc) is 2.29. The maximum Gasteiger partial charge on any atom is 0.251 e. The number of hydrogen-bond acceptors (Lipinski definition) is 4. The summed E-state index contributed by atoms with van der Waals surface area (Å²) in [4.78, 5) is 11.6. The molecule has 0 aliphatic rings. The molecule has 1 amide bonds. The zero-order valence-electron chi connectivity index (χ0n) is 9.41. The zero-order chi connectivity index (χ0) is 12.0. The second kappa shape index (κ2) is 5.97. The molecule has 0 saturated heterocycles.